The third kappa shape index (κ3) is 3.62. The third-order valence-electron chi connectivity index (χ3n) is 2.26. The highest BCUT2D eigenvalue weighted by atomic mass is 35.5. The van der Waals surface area contributed by atoms with Gasteiger partial charge in [-0.25, -0.2) is 4.99 Å². The summed E-state index contributed by atoms with van der Waals surface area (Å²) in [6.07, 6.45) is 2.67. The molecule has 0 saturated carbocycles. The molecular weight excluding hydrogens is 266 g/mol. The number of halogens is 1. The van der Waals surface area contributed by atoms with Gasteiger partial charge in [0.1, 0.15) is 5.01 Å². The summed E-state index contributed by atoms with van der Waals surface area (Å²) in [6, 6.07) is 7.58. The Balaban J connectivity index is 2.10. The maximum Gasteiger partial charge on any atom is 0.231 e. The van der Waals surface area contributed by atoms with Crippen LogP contribution in [-0.2, 0) is 6.42 Å². The Morgan fingerprint density at radius 2 is 2.11 bits per heavy atom. The van der Waals surface area contributed by atoms with E-state index in [0.717, 1.165) is 17.0 Å². The molecule has 0 radical (unpaired) electrons. The standard InChI is InChI=1S/C13H14ClN3S/c1-9(2)7-12-16-17-13(18-12)15-8-10-5-3-4-6-11(10)14/h3-6,8-9H,7H2,1-2H3. The Bertz CT molecular complexity index is 549. The van der Waals surface area contributed by atoms with Crippen molar-refractivity contribution in [1.29, 1.82) is 0 Å². The smallest absolute Gasteiger partial charge is 0.226 e. The Labute approximate surface area is 116 Å². The number of aromatic nitrogens is 2. The lowest BCUT2D eigenvalue weighted by atomic mass is 10.1. The minimum absolute atomic E-state index is 0.582. The summed E-state index contributed by atoms with van der Waals surface area (Å²) in [4.78, 5) is 4.30. The van der Waals surface area contributed by atoms with Crippen LogP contribution < -0.4 is 0 Å². The third-order valence-corrected chi connectivity index (χ3v) is 3.46. The molecule has 0 aliphatic heterocycles. The van der Waals surface area contributed by atoms with E-state index in [1.54, 1.807) is 6.21 Å². The Morgan fingerprint density at radius 3 is 2.83 bits per heavy atom. The topological polar surface area (TPSA) is 38.1 Å². The summed E-state index contributed by atoms with van der Waals surface area (Å²) in [5.74, 6) is 0.582. The van der Waals surface area contributed by atoms with Crippen LogP contribution in [0.4, 0.5) is 5.13 Å². The van der Waals surface area contributed by atoms with Crippen molar-refractivity contribution in [1.82, 2.24) is 10.2 Å². The van der Waals surface area contributed by atoms with Gasteiger partial charge in [-0.05, 0) is 12.0 Å². The molecule has 0 aliphatic rings. The Morgan fingerprint density at radius 1 is 1.33 bits per heavy atom. The van der Waals surface area contributed by atoms with E-state index in [1.807, 2.05) is 24.3 Å². The molecule has 0 fully saturated rings. The van der Waals surface area contributed by atoms with Crippen LogP contribution in [0.15, 0.2) is 29.3 Å². The highest BCUT2D eigenvalue weighted by Crippen LogP contribution is 2.21. The molecule has 1 heterocycles. The fourth-order valence-electron chi connectivity index (χ4n) is 1.43. The molecule has 18 heavy (non-hydrogen) atoms. The van der Waals surface area contributed by atoms with Crippen molar-refractivity contribution < 1.29 is 0 Å². The fourth-order valence-corrected chi connectivity index (χ4v) is 2.51. The molecule has 0 bridgehead atoms. The number of nitrogens with zero attached hydrogens (tertiary/aromatic N) is 3. The minimum Gasteiger partial charge on any atom is -0.226 e. The maximum absolute atomic E-state index is 6.04. The van der Waals surface area contributed by atoms with Gasteiger partial charge in [-0.3, -0.25) is 0 Å². The van der Waals surface area contributed by atoms with Crippen molar-refractivity contribution in [2.45, 2.75) is 20.3 Å². The number of hydrogen-bond donors (Lipinski definition) is 0. The lowest BCUT2D eigenvalue weighted by Gasteiger charge is -1.96. The van der Waals surface area contributed by atoms with E-state index >= 15 is 0 Å². The van der Waals surface area contributed by atoms with Crippen molar-refractivity contribution in [2.24, 2.45) is 10.9 Å². The molecule has 0 aliphatic carbocycles. The molecule has 1 aromatic heterocycles. The van der Waals surface area contributed by atoms with E-state index in [4.69, 9.17) is 11.6 Å². The lowest BCUT2D eigenvalue weighted by Crippen LogP contribution is -1.92. The molecule has 2 aromatic rings. The van der Waals surface area contributed by atoms with Gasteiger partial charge in [0.2, 0.25) is 5.13 Å². The summed E-state index contributed by atoms with van der Waals surface area (Å²) in [7, 11) is 0. The normalized spacial score (nSPS) is 11.6. The molecule has 1 aromatic carbocycles. The number of aliphatic imine (C=N–C) groups is 1. The zero-order valence-electron chi connectivity index (χ0n) is 10.3. The molecule has 94 valence electrons. The summed E-state index contributed by atoms with van der Waals surface area (Å²) in [5.41, 5.74) is 0.889. The second kappa shape index (κ2) is 6.07. The quantitative estimate of drug-likeness (QED) is 0.789. The predicted molar refractivity (Wildman–Crippen MR) is 77.2 cm³/mol. The van der Waals surface area contributed by atoms with Crippen molar-refractivity contribution >= 4 is 34.3 Å². The molecule has 0 atom stereocenters. The number of hydrogen-bond acceptors (Lipinski definition) is 4. The van der Waals surface area contributed by atoms with E-state index < -0.39 is 0 Å². The Kier molecular flexibility index (Phi) is 4.44. The first-order valence-electron chi connectivity index (χ1n) is 5.76. The molecule has 2 rings (SSSR count). The molecule has 0 unspecified atom stereocenters. The van der Waals surface area contributed by atoms with Gasteiger partial charge in [-0.15, -0.1) is 10.2 Å². The van der Waals surface area contributed by atoms with Crippen LogP contribution in [0.1, 0.15) is 24.4 Å². The van der Waals surface area contributed by atoms with E-state index in [1.165, 1.54) is 11.3 Å². The van der Waals surface area contributed by atoms with Crippen molar-refractivity contribution in [3.05, 3.63) is 39.9 Å². The van der Waals surface area contributed by atoms with E-state index in [0.29, 0.717) is 16.1 Å². The van der Waals surface area contributed by atoms with Gasteiger partial charge >= 0.3 is 0 Å². The van der Waals surface area contributed by atoms with Gasteiger partial charge in [0.05, 0.1) is 0 Å². The summed E-state index contributed by atoms with van der Waals surface area (Å²) < 4.78 is 0. The van der Waals surface area contributed by atoms with Crippen LogP contribution in [0.2, 0.25) is 5.02 Å². The van der Waals surface area contributed by atoms with Gasteiger partial charge in [0, 0.05) is 23.2 Å². The number of rotatable bonds is 4. The molecule has 0 amide bonds. The second-order valence-electron chi connectivity index (χ2n) is 4.36. The highest BCUT2D eigenvalue weighted by Gasteiger charge is 2.04. The molecule has 3 nitrogen and oxygen atoms in total. The Hall–Kier alpha value is -1.26. The predicted octanol–water partition coefficient (Wildman–Crippen LogP) is 4.14. The molecule has 5 heteroatoms. The van der Waals surface area contributed by atoms with Gasteiger partial charge in [-0.1, -0.05) is 55.0 Å². The zero-order valence-corrected chi connectivity index (χ0v) is 11.9. The van der Waals surface area contributed by atoms with Gasteiger partial charge < -0.3 is 0 Å². The van der Waals surface area contributed by atoms with Crippen molar-refractivity contribution in [3.8, 4) is 0 Å². The maximum atomic E-state index is 6.04. The van der Waals surface area contributed by atoms with E-state index in [2.05, 4.69) is 29.0 Å². The zero-order chi connectivity index (χ0) is 13.0. The molecule has 0 spiro atoms. The van der Waals surface area contributed by atoms with Crippen molar-refractivity contribution in [2.75, 3.05) is 0 Å². The highest BCUT2D eigenvalue weighted by molar-refractivity contribution is 7.14. The van der Waals surface area contributed by atoms with Crippen LogP contribution in [-0.4, -0.2) is 16.4 Å². The molecule has 0 saturated heterocycles. The largest absolute Gasteiger partial charge is 0.231 e. The first-order valence-corrected chi connectivity index (χ1v) is 6.95. The first kappa shape index (κ1) is 13.2. The van der Waals surface area contributed by atoms with Crippen LogP contribution >= 0.6 is 22.9 Å². The second-order valence-corrected chi connectivity index (χ2v) is 5.80. The molecule has 0 N–H and O–H groups in total. The molecular formula is C13H14ClN3S. The van der Waals surface area contributed by atoms with Crippen LogP contribution in [0.3, 0.4) is 0 Å². The van der Waals surface area contributed by atoms with Crippen LogP contribution in [0.25, 0.3) is 0 Å². The fraction of sp³-hybridized carbons (Fsp3) is 0.308. The monoisotopic (exact) mass is 279 g/mol. The number of benzene rings is 1. The van der Waals surface area contributed by atoms with Gasteiger partial charge in [-0.2, -0.15) is 0 Å². The average molecular weight is 280 g/mol. The van der Waals surface area contributed by atoms with Crippen LogP contribution in [0, 0.1) is 5.92 Å². The van der Waals surface area contributed by atoms with Crippen molar-refractivity contribution in [3.63, 3.8) is 0 Å². The SMILES string of the molecule is CC(C)Cc1nnc(N=Cc2ccccc2Cl)s1. The average Bonchev–Trinajstić information content (AvgIpc) is 2.75. The minimum atomic E-state index is 0.582. The summed E-state index contributed by atoms with van der Waals surface area (Å²) in [5, 5.41) is 10.5. The lowest BCUT2D eigenvalue weighted by molar-refractivity contribution is 0.640. The van der Waals surface area contributed by atoms with Gasteiger partial charge in [0.15, 0.2) is 0 Å². The van der Waals surface area contributed by atoms with E-state index in [9.17, 15) is 0 Å². The van der Waals surface area contributed by atoms with Gasteiger partial charge in [0.25, 0.3) is 0 Å². The van der Waals surface area contributed by atoms with Crippen LogP contribution in [0.5, 0.6) is 0 Å². The summed E-state index contributed by atoms with van der Waals surface area (Å²) >= 11 is 7.56. The first-order chi connectivity index (χ1) is 8.65. The summed E-state index contributed by atoms with van der Waals surface area (Å²) in [6.45, 7) is 4.32. The van der Waals surface area contributed by atoms with E-state index in [-0.39, 0.29) is 0 Å².